The molecule has 3 N–H and O–H groups in total. The summed E-state index contributed by atoms with van der Waals surface area (Å²) in [6, 6.07) is 16.7. The maximum Gasteiger partial charge on any atom is 0.191 e. The van der Waals surface area contributed by atoms with Gasteiger partial charge in [-0.05, 0) is 35.7 Å². The van der Waals surface area contributed by atoms with Crippen molar-refractivity contribution < 1.29 is 4.74 Å². The number of methoxy groups -OCH3 is 1. The van der Waals surface area contributed by atoms with E-state index in [-0.39, 0.29) is 0 Å². The summed E-state index contributed by atoms with van der Waals surface area (Å²) in [6.07, 6.45) is 0. The SMILES string of the molecule is CN=C(NCc1ccc(NCCOC)cc1)NCc1ccccc1C. The van der Waals surface area contributed by atoms with Gasteiger partial charge in [-0.3, -0.25) is 4.99 Å². The topological polar surface area (TPSA) is 57.7 Å². The predicted molar refractivity (Wildman–Crippen MR) is 105 cm³/mol. The lowest BCUT2D eigenvalue weighted by atomic mass is 10.1. The highest BCUT2D eigenvalue weighted by molar-refractivity contribution is 5.79. The Morgan fingerprint density at radius 2 is 1.72 bits per heavy atom. The van der Waals surface area contributed by atoms with Gasteiger partial charge in [-0.1, -0.05) is 36.4 Å². The van der Waals surface area contributed by atoms with Crippen LogP contribution in [0.2, 0.25) is 0 Å². The van der Waals surface area contributed by atoms with Crippen LogP contribution < -0.4 is 16.0 Å². The zero-order valence-electron chi connectivity index (χ0n) is 15.3. The normalized spacial score (nSPS) is 11.2. The number of hydrogen-bond donors (Lipinski definition) is 3. The molecular weight excluding hydrogens is 312 g/mol. The number of rotatable bonds is 8. The third kappa shape index (κ3) is 6.47. The summed E-state index contributed by atoms with van der Waals surface area (Å²) in [5, 5.41) is 10.0. The molecule has 0 aromatic heterocycles. The molecule has 0 bridgehead atoms. The van der Waals surface area contributed by atoms with E-state index in [0.717, 1.165) is 31.3 Å². The van der Waals surface area contributed by atoms with Crippen molar-refractivity contribution in [3.8, 4) is 0 Å². The standard InChI is InChI=1S/C20H28N4O/c1-16-6-4-5-7-18(16)15-24-20(21-2)23-14-17-8-10-19(11-9-17)22-12-13-25-3/h4-11,22H,12-15H2,1-3H3,(H2,21,23,24). The zero-order chi connectivity index (χ0) is 17.9. The summed E-state index contributed by atoms with van der Waals surface area (Å²) >= 11 is 0. The lowest BCUT2D eigenvalue weighted by molar-refractivity contribution is 0.211. The molecule has 2 rings (SSSR count). The van der Waals surface area contributed by atoms with Crippen molar-refractivity contribution in [2.24, 2.45) is 4.99 Å². The molecule has 0 spiro atoms. The summed E-state index contributed by atoms with van der Waals surface area (Å²) in [5.74, 6) is 0.797. The van der Waals surface area contributed by atoms with E-state index in [2.05, 4.69) is 76.4 Å². The van der Waals surface area contributed by atoms with Gasteiger partial charge < -0.3 is 20.7 Å². The number of aliphatic imine (C=N–C) groups is 1. The molecule has 5 nitrogen and oxygen atoms in total. The van der Waals surface area contributed by atoms with Crippen molar-refractivity contribution >= 4 is 11.6 Å². The number of aryl methyl sites for hydroxylation is 1. The molecule has 25 heavy (non-hydrogen) atoms. The Morgan fingerprint density at radius 1 is 1.00 bits per heavy atom. The first-order chi connectivity index (χ1) is 12.2. The van der Waals surface area contributed by atoms with Gasteiger partial charge in [-0.15, -0.1) is 0 Å². The van der Waals surface area contributed by atoms with Gasteiger partial charge in [0.15, 0.2) is 5.96 Å². The summed E-state index contributed by atoms with van der Waals surface area (Å²) in [5.41, 5.74) is 4.86. The molecule has 0 aliphatic rings. The van der Waals surface area contributed by atoms with Crippen LogP contribution in [0.5, 0.6) is 0 Å². The third-order valence-corrected chi connectivity index (χ3v) is 3.98. The van der Waals surface area contributed by atoms with Gasteiger partial charge in [0, 0.05) is 39.5 Å². The third-order valence-electron chi connectivity index (χ3n) is 3.98. The average molecular weight is 340 g/mol. The van der Waals surface area contributed by atoms with Crippen molar-refractivity contribution in [1.82, 2.24) is 10.6 Å². The molecule has 134 valence electrons. The number of hydrogen-bond acceptors (Lipinski definition) is 3. The van der Waals surface area contributed by atoms with E-state index in [9.17, 15) is 0 Å². The predicted octanol–water partition coefficient (Wildman–Crippen LogP) is 2.92. The van der Waals surface area contributed by atoms with Crippen molar-refractivity contribution in [3.05, 3.63) is 65.2 Å². The molecule has 2 aromatic carbocycles. The average Bonchev–Trinajstić information content (AvgIpc) is 2.64. The molecule has 0 fully saturated rings. The number of guanidine groups is 1. The smallest absolute Gasteiger partial charge is 0.191 e. The Labute approximate surface area is 150 Å². The van der Waals surface area contributed by atoms with Gasteiger partial charge in [0.2, 0.25) is 0 Å². The van der Waals surface area contributed by atoms with E-state index < -0.39 is 0 Å². The highest BCUT2D eigenvalue weighted by Crippen LogP contribution is 2.09. The van der Waals surface area contributed by atoms with Crippen LogP contribution in [0.1, 0.15) is 16.7 Å². The lowest BCUT2D eigenvalue weighted by Crippen LogP contribution is -2.36. The fourth-order valence-corrected chi connectivity index (χ4v) is 2.43. The molecule has 0 amide bonds. The molecule has 0 saturated heterocycles. The number of nitrogens with one attached hydrogen (secondary N) is 3. The summed E-state index contributed by atoms with van der Waals surface area (Å²) < 4.78 is 5.03. The maximum atomic E-state index is 5.03. The van der Waals surface area contributed by atoms with E-state index >= 15 is 0 Å². The fourth-order valence-electron chi connectivity index (χ4n) is 2.43. The zero-order valence-corrected chi connectivity index (χ0v) is 15.3. The maximum absolute atomic E-state index is 5.03. The molecule has 0 saturated carbocycles. The minimum absolute atomic E-state index is 0.701. The quantitative estimate of drug-likeness (QED) is 0.393. The van der Waals surface area contributed by atoms with Crippen molar-refractivity contribution in [2.75, 3.05) is 32.6 Å². The molecule has 0 aliphatic carbocycles. The Balaban J connectivity index is 1.79. The van der Waals surface area contributed by atoms with Crippen LogP contribution in [0.15, 0.2) is 53.5 Å². The molecule has 2 aromatic rings. The Bertz CT molecular complexity index is 668. The summed E-state index contributed by atoms with van der Waals surface area (Å²) in [7, 11) is 3.49. The second kappa shape index (κ2) is 10.4. The first-order valence-corrected chi connectivity index (χ1v) is 8.53. The van der Waals surface area contributed by atoms with Gasteiger partial charge in [0.1, 0.15) is 0 Å². The van der Waals surface area contributed by atoms with Gasteiger partial charge >= 0.3 is 0 Å². The summed E-state index contributed by atoms with van der Waals surface area (Å²) in [6.45, 7) is 5.12. The highest BCUT2D eigenvalue weighted by Gasteiger charge is 2.01. The monoisotopic (exact) mass is 340 g/mol. The van der Waals surface area contributed by atoms with Crippen molar-refractivity contribution in [3.63, 3.8) is 0 Å². The van der Waals surface area contributed by atoms with E-state index in [1.54, 1.807) is 14.2 Å². The Morgan fingerprint density at radius 3 is 2.40 bits per heavy atom. The second-order valence-electron chi connectivity index (χ2n) is 5.82. The van der Waals surface area contributed by atoms with Crippen molar-refractivity contribution in [1.29, 1.82) is 0 Å². The molecule has 0 heterocycles. The largest absolute Gasteiger partial charge is 0.383 e. The van der Waals surface area contributed by atoms with Crippen LogP contribution in [0.25, 0.3) is 0 Å². The first kappa shape index (κ1) is 18.8. The number of ether oxygens (including phenoxy) is 1. The number of anilines is 1. The van der Waals surface area contributed by atoms with Crippen LogP contribution in [-0.2, 0) is 17.8 Å². The fraction of sp³-hybridized carbons (Fsp3) is 0.350. The lowest BCUT2D eigenvalue weighted by Gasteiger charge is -2.13. The van der Waals surface area contributed by atoms with Crippen LogP contribution in [0.4, 0.5) is 5.69 Å². The Kier molecular flexibility index (Phi) is 7.79. The van der Waals surface area contributed by atoms with E-state index in [4.69, 9.17) is 4.74 Å². The van der Waals surface area contributed by atoms with E-state index in [1.165, 1.54) is 16.7 Å². The van der Waals surface area contributed by atoms with Gasteiger partial charge in [-0.2, -0.15) is 0 Å². The van der Waals surface area contributed by atoms with Gasteiger partial charge in [-0.25, -0.2) is 0 Å². The Hall–Kier alpha value is -2.53. The number of benzene rings is 2. The molecule has 0 aliphatic heterocycles. The van der Waals surface area contributed by atoms with Gasteiger partial charge in [0.05, 0.1) is 6.61 Å². The van der Waals surface area contributed by atoms with E-state index in [0.29, 0.717) is 6.61 Å². The molecular formula is C20H28N4O. The van der Waals surface area contributed by atoms with Gasteiger partial charge in [0.25, 0.3) is 0 Å². The highest BCUT2D eigenvalue weighted by atomic mass is 16.5. The molecule has 0 radical (unpaired) electrons. The molecule has 0 atom stereocenters. The van der Waals surface area contributed by atoms with Crippen LogP contribution in [0.3, 0.4) is 0 Å². The van der Waals surface area contributed by atoms with Crippen LogP contribution >= 0.6 is 0 Å². The van der Waals surface area contributed by atoms with Crippen molar-refractivity contribution in [2.45, 2.75) is 20.0 Å². The minimum atomic E-state index is 0.701. The van der Waals surface area contributed by atoms with Crippen LogP contribution in [0, 0.1) is 6.92 Å². The van der Waals surface area contributed by atoms with E-state index in [1.807, 2.05) is 0 Å². The second-order valence-corrected chi connectivity index (χ2v) is 5.82. The molecule has 5 heteroatoms. The number of nitrogens with zero attached hydrogens (tertiary/aromatic N) is 1. The summed E-state index contributed by atoms with van der Waals surface area (Å²) in [4.78, 5) is 4.28. The van der Waals surface area contributed by atoms with Crippen LogP contribution in [-0.4, -0.2) is 33.3 Å². The minimum Gasteiger partial charge on any atom is -0.383 e. The first-order valence-electron chi connectivity index (χ1n) is 8.53. The molecule has 0 unspecified atom stereocenters.